The minimum absolute atomic E-state index is 0.0551. The Balaban J connectivity index is 2.82. The molecule has 0 bridgehead atoms. The first-order valence-electron chi connectivity index (χ1n) is 6.24. The molecule has 0 amide bonds. The fourth-order valence-electron chi connectivity index (χ4n) is 1.92. The second-order valence-corrected chi connectivity index (χ2v) is 4.72. The first-order valence-corrected chi connectivity index (χ1v) is 6.24. The number of para-hydroxylation sites is 1. The SMILES string of the molecule is CCC(N[C@H](CO)C(C)C)c1ccccc1O. The van der Waals surface area contributed by atoms with Crippen LogP contribution in [-0.4, -0.2) is 22.9 Å². The molecule has 0 aliphatic rings. The van der Waals surface area contributed by atoms with E-state index in [1.165, 1.54) is 0 Å². The van der Waals surface area contributed by atoms with Crippen molar-refractivity contribution in [2.75, 3.05) is 6.61 Å². The van der Waals surface area contributed by atoms with E-state index in [0.717, 1.165) is 12.0 Å². The molecule has 0 saturated heterocycles. The molecular formula is C14H23NO2. The van der Waals surface area contributed by atoms with Crippen LogP contribution in [0.15, 0.2) is 24.3 Å². The molecule has 2 atom stereocenters. The Bertz CT molecular complexity index is 339. The molecule has 17 heavy (non-hydrogen) atoms. The van der Waals surface area contributed by atoms with Crippen molar-refractivity contribution < 1.29 is 10.2 Å². The zero-order valence-corrected chi connectivity index (χ0v) is 10.9. The number of rotatable bonds is 6. The number of hydrogen-bond donors (Lipinski definition) is 3. The average molecular weight is 237 g/mol. The first kappa shape index (κ1) is 14.0. The molecule has 96 valence electrons. The summed E-state index contributed by atoms with van der Waals surface area (Å²) in [6.45, 7) is 6.33. The lowest BCUT2D eigenvalue weighted by Crippen LogP contribution is -2.39. The Kier molecular flexibility index (Phi) is 5.45. The van der Waals surface area contributed by atoms with Crippen molar-refractivity contribution in [2.24, 2.45) is 5.92 Å². The van der Waals surface area contributed by atoms with Gasteiger partial charge in [0.25, 0.3) is 0 Å². The quantitative estimate of drug-likeness (QED) is 0.712. The standard InChI is InChI=1S/C14H23NO2/c1-4-12(15-13(9-16)10(2)3)11-7-5-6-8-14(11)17/h5-8,10,12-13,15-17H,4,9H2,1-3H3/t12?,13-/m1/s1. The molecule has 1 aromatic carbocycles. The van der Waals surface area contributed by atoms with Crippen LogP contribution in [0.3, 0.4) is 0 Å². The molecule has 0 aromatic heterocycles. The van der Waals surface area contributed by atoms with Gasteiger partial charge in [-0.25, -0.2) is 0 Å². The fourth-order valence-corrected chi connectivity index (χ4v) is 1.92. The van der Waals surface area contributed by atoms with Gasteiger partial charge in [0.15, 0.2) is 0 Å². The molecule has 0 heterocycles. The predicted octanol–water partition coefficient (Wildman–Crippen LogP) is 2.45. The highest BCUT2D eigenvalue weighted by atomic mass is 16.3. The van der Waals surface area contributed by atoms with Crippen molar-refractivity contribution >= 4 is 0 Å². The number of hydrogen-bond acceptors (Lipinski definition) is 3. The normalized spacial score (nSPS) is 14.9. The summed E-state index contributed by atoms with van der Waals surface area (Å²) in [6.07, 6.45) is 0.876. The molecule has 3 heteroatoms. The molecule has 3 nitrogen and oxygen atoms in total. The number of aromatic hydroxyl groups is 1. The molecule has 1 unspecified atom stereocenters. The number of aliphatic hydroxyl groups is 1. The van der Waals surface area contributed by atoms with Crippen molar-refractivity contribution in [3.63, 3.8) is 0 Å². The van der Waals surface area contributed by atoms with E-state index >= 15 is 0 Å². The van der Waals surface area contributed by atoms with Crippen molar-refractivity contribution in [2.45, 2.75) is 39.3 Å². The molecule has 0 aliphatic carbocycles. The molecule has 3 N–H and O–H groups in total. The summed E-state index contributed by atoms with van der Waals surface area (Å²) in [5.41, 5.74) is 0.897. The number of aliphatic hydroxyl groups excluding tert-OH is 1. The topological polar surface area (TPSA) is 52.5 Å². The van der Waals surface area contributed by atoms with Crippen molar-refractivity contribution in [1.82, 2.24) is 5.32 Å². The highest BCUT2D eigenvalue weighted by Crippen LogP contribution is 2.26. The van der Waals surface area contributed by atoms with Crippen molar-refractivity contribution in [3.05, 3.63) is 29.8 Å². The molecule has 0 aliphatic heterocycles. The number of benzene rings is 1. The third-order valence-electron chi connectivity index (χ3n) is 3.14. The van der Waals surface area contributed by atoms with Gasteiger partial charge in [-0.15, -0.1) is 0 Å². The van der Waals surface area contributed by atoms with Crippen LogP contribution < -0.4 is 5.32 Å². The third-order valence-corrected chi connectivity index (χ3v) is 3.14. The Labute approximate surface area is 103 Å². The maximum absolute atomic E-state index is 9.83. The molecule has 0 fully saturated rings. The summed E-state index contributed by atoms with van der Waals surface area (Å²) in [4.78, 5) is 0. The van der Waals surface area contributed by atoms with Crippen LogP contribution in [0.5, 0.6) is 5.75 Å². The second kappa shape index (κ2) is 6.62. The van der Waals surface area contributed by atoms with E-state index in [9.17, 15) is 10.2 Å². The fraction of sp³-hybridized carbons (Fsp3) is 0.571. The minimum Gasteiger partial charge on any atom is -0.508 e. The van der Waals surface area contributed by atoms with Gasteiger partial charge in [0, 0.05) is 17.6 Å². The number of phenols is 1. The number of phenolic OH excluding ortho intramolecular Hbond substituents is 1. The van der Waals surface area contributed by atoms with Gasteiger partial charge in [-0.2, -0.15) is 0 Å². The predicted molar refractivity (Wildman–Crippen MR) is 70.0 cm³/mol. The summed E-state index contributed by atoms with van der Waals surface area (Å²) in [7, 11) is 0. The highest BCUT2D eigenvalue weighted by molar-refractivity contribution is 5.34. The van der Waals surface area contributed by atoms with E-state index in [1.807, 2.05) is 18.2 Å². The summed E-state index contributed by atoms with van der Waals surface area (Å²) in [5, 5.41) is 22.6. The maximum Gasteiger partial charge on any atom is 0.120 e. The van der Waals surface area contributed by atoms with Gasteiger partial charge in [0.05, 0.1) is 6.61 Å². The van der Waals surface area contributed by atoms with E-state index in [2.05, 4.69) is 26.1 Å². The summed E-state index contributed by atoms with van der Waals surface area (Å²) in [6, 6.07) is 7.49. The smallest absolute Gasteiger partial charge is 0.120 e. The average Bonchev–Trinajstić information content (AvgIpc) is 2.31. The van der Waals surface area contributed by atoms with Crippen LogP contribution in [0, 0.1) is 5.92 Å². The van der Waals surface area contributed by atoms with Crippen LogP contribution in [-0.2, 0) is 0 Å². The molecule has 0 saturated carbocycles. The van der Waals surface area contributed by atoms with Gasteiger partial charge < -0.3 is 15.5 Å². The van der Waals surface area contributed by atoms with E-state index in [1.54, 1.807) is 6.07 Å². The van der Waals surface area contributed by atoms with Gasteiger partial charge in [-0.05, 0) is 18.4 Å². The minimum atomic E-state index is 0.0551. The van der Waals surface area contributed by atoms with Gasteiger partial charge in [0.2, 0.25) is 0 Å². The Hall–Kier alpha value is -1.06. The molecule has 0 spiro atoms. The molecule has 0 radical (unpaired) electrons. The van der Waals surface area contributed by atoms with E-state index in [-0.39, 0.29) is 18.7 Å². The first-order chi connectivity index (χ1) is 8.10. The summed E-state index contributed by atoms with van der Waals surface area (Å²) in [5.74, 6) is 0.673. The molecular weight excluding hydrogens is 214 g/mol. The lowest BCUT2D eigenvalue weighted by Gasteiger charge is -2.27. The van der Waals surface area contributed by atoms with Gasteiger partial charge >= 0.3 is 0 Å². The zero-order valence-electron chi connectivity index (χ0n) is 10.9. The highest BCUT2D eigenvalue weighted by Gasteiger charge is 2.19. The van der Waals surface area contributed by atoms with Crippen molar-refractivity contribution in [3.8, 4) is 5.75 Å². The zero-order chi connectivity index (χ0) is 12.8. The Morgan fingerprint density at radius 2 is 1.88 bits per heavy atom. The van der Waals surface area contributed by atoms with Gasteiger partial charge in [0.1, 0.15) is 5.75 Å². The maximum atomic E-state index is 9.83. The molecule has 1 aromatic rings. The van der Waals surface area contributed by atoms with E-state index in [0.29, 0.717) is 11.7 Å². The van der Waals surface area contributed by atoms with Crippen LogP contribution in [0.1, 0.15) is 38.8 Å². The van der Waals surface area contributed by atoms with Gasteiger partial charge in [-0.3, -0.25) is 0 Å². The summed E-state index contributed by atoms with van der Waals surface area (Å²) < 4.78 is 0. The largest absolute Gasteiger partial charge is 0.508 e. The van der Waals surface area contributed by atoms with E-state index < -0.39 is 0 Å². The van der Waals surface area contributed by atoms with Crippen LogP contribution in [0.2, 0.25) is 0 Å². The summed E-state index contributed by atoms with van der Waals surface area (Å²) >= 11 is 0. The third kappa shape index (κ3) is 3.72. The Morgan fingerprint density at radius 3 is 2.35 bits per heavy atom. The van der Waals surface area contributed by atoms with Crippen LogP contribution >= 0.6 is 0 Å². The van der Waals surface area contributed by atoms with Crippen molar-refractivity contribution in [1.29, 1.82) is 0 Å². The molecule has 1 rings (SSSR count). The van der Waals surface area contributed by atoms with Gasteiger partial charge in [-0.1, -0.05) is 39.0 Å². The van der Waals surface area contributed by atoms with Crippen LogP contribution in [0.25, 0.3) is 0 Å². The van der Waals surface area contributed by atoms with Crippen LogP contribution in [0.4, 0.5) is 0 Å². The number of nitrogens with one attached hydrogen (secondary N) is 1. The monoisotopic (exact) mass is 237 g/mol. The Morgan fingerprint density at radius 1 is 1.24 bits per heavy atom. The lowest BCUT2D eigenvalue weighted by molar-refractivity contribution is 0.197. The van der Waals surface area contributed by atoms with E-state index in [4.69, 9.17) is 0 Å². The lowest BCUT2D eigenvalue weighted by atomic mass is 9.99. The second-order valence-electron chi connectivity index (χ2n) is 4.72.